The molecule has 8 nitrogen and oxygen atoms in total. The molecule has 1 aromatic rings. The standard InChI is InChI=1S/C19H30N2O2.C2H2O4/c1-18-9-7-16(15-5-3-2-4-6-15)13-19(18,22)10-8-17(18)14-21-23-12-11-20;3-1(4)2(5)6/h2-6,16-17,21-22H,7-14,20H2,1H3;(H,3,4)(H,5,6)/t16-,17+,18+,19-;/m0./s1. The molecule has 0 aliphatic heterocycles. The van der Waals surface area contributed by atoms with Crippen LogP contribution in [0.3, 0.4) is 0 Å². The van der Waals surface area contributed by atoms with Gasteiger partial charge < -0.3 is 25.9 Å². The smallest absolute Gasteiger partial charge is 0.414 e. The maximum absolute atomic E-state index is 11.4. The average Bonchev–Trinajstić information content (AvgIpc) is 2.96. The van der Waals surface area contributed by atoms with E-state index < -0.39 is 17.5 Å². The first-order valence-corrected chi connectivity index (χ1v) is 10.0. The summed E-state index contributed by atoms with van der Waals surface area (Å²) >= 11 is 0. The first-order chi connectivity index (χ1) is 13.7. The van der Waals surface area contributed by atoms with Crippen molar-refractivity contribution in [3.8, 4) is 0 Å². The third kappa shape index (κ3) is 5.54. The minimum Gasteiger partial charge on any atom is -0.473 e. The highest BCUT2D eigenvalue weighted by Gasteiger charge is 2.58. The number of hydrogen-bond acceptors (Lipinski definition) is 6. The molecule has 2 aliphatic carbocycles. The van der Waals surface area contributed by atoms with Crippen LogP contribution in [0, 0.1) is 11.3 Å². The predicted octanol–water partition coefficient (Wildman–Crippen LogP) is 1.74. The summed E-state index contributed by atoms with van der Waals surface area (Å²) in [6, 6.07) is 10.7. The lowest BCUT2D eigenvalue weighted by molar-refractivity contribution is -0.159. The van der Waals surface area contributed by atoms with E-state index in [1.165, 1.54) is 5.56 Å². The largest absolute Gasteiger partial charge is 0.473 e. The SMILES string of the molecule is C[C@]12CC[C@H](c3ccccc3)C[C@@]1(O)CC[C@@H]2CNOCCN.O=C(O)C(=O)O. The van der Waals surface area contributed by atoms with Gasteiger partial charge in [0, 0.05) is 18.5 Å². The third-order valence-electron chi connectivity index (χ3n) is 6.57. The minimum absolute atomic E-state index is 0.0165. The zero-order valence-corrected chi connectivity index (χ0v) is 16.8. The van der Waals surface area contributed by atoms with Gasteiger partial charge in [0.05, 0.1) is 12.2 Å². The predicted molar refractivity (Wildman–Crippen MR) is 107 cm³/mol. The van der Waals surface area contributed by atoms with Crippen molar-refractivity contribution in [3.63, 3.8) is 0 Å². The van der Waals surface area contributed by atoms with Gasteiger partial charge in [-0.25, -0.2) is 15.1 Å². The summed E-state index contributed by atoms with van der Waals surface area (Å²) in [6.07, 6.45) is 5.08. The van der Waals surface area contributed by atoms with E-state index in [2.05, 4.69) is 42.7 Å². The molecule has 162 valence electrons. The molecule has 6 N–H and O–H groups in total. The number of carboxylic acids is 2. The number of benzene rings is 1. The molecule has 0 bridgehead atoms. The van der Waals surface area contributed by atoms with Gasteiger partial charge in [-0.2, -0.15) is 0 Å². The summed E-state index contributed by atoms with van der Waals surface area (Å²) in [6.45, 7) is 4.13. The number of carbonyl (C=O) groups is 2. The van der Waals surface area contributed by atoms with Crippen molar-refractivity contribution in [2.24, 2.45) is 17.1 Å². The lowest BCUT2D eigenvalue weighted by Gasteiger charge is -2.49. The molecule has 2 saturated carbocycles. The Morgan fingerprint density at radius 1 is 1.17 bits per heavy atom. The number of carboxylic acid groups (broad SMARTS) is 2. The number of hydrogen-bond donors (Lipinski definition) is 5. The fourth-order valence-corrected chi connectivity index (χ4v) is 4.78. The summed E-state index contributed by atoms with van der Waals surface area (Å²) < 4.78 is 0. The lowest BCUT2D eigenvalue weighted by Crippen LogP contribution is -2.50. The van der Waals surface area contributed by atoms with Crippen molar-refractivity contribution < 1.29 is 29.7 Å². The van der Waals surface area contributed by atoms with E-state index in [9.17, 15) is 5.11 Å². The van der Waals surface area contributed by atoms with Gasteiger partial charge in [0.2, 0.25) is 0 Å². The Balaban J connectivity index is 0.000000438. The van der Waals surface area contributed by atoms with E-state index in [1.807, 2.05) is 0 Å². The summed E-state index contributed by atoms with van der Waals surface area (Å²) in [7, 11) is 0. The molecule has 8 heteroatoms. The number of nitrogens with one attached hydrogen (secondary N) is 1. The fraction of sp³-hybridized carbons (Fsp3) is 0.619. The summed E-state index contributed by atoms with van der Waals surface area (Å²) in [5, 5.41) is 26.2. The monoisotopic (exact) mass is 408 g/mol. The van der Waals surface area contributed by atoms with Crippen LogP contribution in [0.25, 0.3) is 0 Å². The lowest BCUT2D eigenvalue weighted by atomic mass is 9.59. The van der Waals surface area contributed by atoms with Crippen molar-refractivity contribution in [2.45, 2.75) is 50.5 Å². The Labute approximate surface area is 171 Å². The maximum atomic E-state index is 11.4. The van der Waals surface area contributed by atoms with Crippen LogP contribution < -0.4 is 11.2 Å². The van der Waals surface area contributed by atoms with E-state index in [1.54, 1.807) is 0 Å². The van der Waals surface area contributed by atoms with Crippen molar-refractivity contribution in [1.29, 1.82) is 0 Å². The second-order valence-electron chi connectivity index (χ2n) is 8.13. The van der Waals surface area contributed by atoms with Gasteiger partial charge in [-0.05, 0) is 49.5 Å². The van der Waals surface area contributed by atoms with E-state index in [0.29, 0.717) is 25.0 Å². The Hall–Kier alpha value is -2.00. The maximum Gasteiger partial charge on any atom is 0.414 e. The van der Waals surface area contributed by atoms with Gasteiger partial charge in [0.15, 0.2) is 0 Å². The first kappa shape index (κ1) is 23.3. The number of hydroxylamine groups is 1. The molecule has 0 saturated heterocycles. The van der Waals surface area contributed by atoms with Crippen molar-refractivity contribution in [1.82, 2.24) is 5.48 Å². The zero-order valence-electron chi connectivity index (χ0n) is 16.8. The Morgan fingerprint density at radius 2 is 1.83 bits per heavy atom. The van der Waals surface area contributed by atoms with Crippen LogP contribution >= 0.6 is 0 Å². The molecule has 0 radical (unpaired) electrons. The fourth-order valence-electron chi connectivity index (χ4n) is 4.78. The highest BCUT2D eigenvalue weighted by Crippen LogP contribution is 2.60. The van der Waals surface area contributed by atoms with E-state index in [0.717, 1.165) is 38.6 Å². The van der Waals surface area contributed by atoms with Gasteiger partial charge in [-0.3, -0.25) is 0 Å². The second kappa shape index (κ2) is 10.2. The van der Waals surface area contributed by atoms with Crippen LogP contribution in [0.4, 0.5) is 0 Å². The van der Waals surface area contributed by atoms with E-state index in [4.69, 9.17) is 30.4 Å². The van der Waals surface area contributed by atoms with Crippen LogP contribution in [-0.2, 0) is 14.4 Å². The quantitative estimate of drug-likeness (QED) is 0.272. The molecule has 0 aromatic heterocycles. The topological polar surface area (TPSA) is 142 Å². The summed E-state index contributed by atoms with van der Waals surface area (Å²) in [5.74, 6) is -2.71. The number of rotatable bonds is 6. The number of aliphatic hydroxyl groups is 1. The van der Waals surface area contributed by atoms with Crippen LogP contribution in [-0.4, -0.2) is 52.6 Å². The summed E-state index contributed by atoms with van der Waals surface area (Å²) in [4.78, 5) is 23.5. The van der Waals surface area contributed by atoms with Crippen molar-refractivity contribution in [2.75, 3.05) is 19.7 Å². The second-order valence-corrected chi connectivity index (χ2v) is 8.13. The molecule has 2 fully saturated rings. The molecular weight excluding hydrogens is 376 g/mol. The van der Waals surface area contributed by atoms with Gasteiger partial charge >= 0.3 is 11.9 Å². The highest BCUT2D eigenvalue weighted by molar-refractivity contribution is 6.27. The number of nitrogens with two attached hydrogens (primary N) is 1. The van der Waals surface area contributed by atoms with Crippen LogP contribution in [0.2, 0.25) is 0 Å². The third-order valence-corrected chi connectivity index (χ3v) is 6.57. The normalized spacial score (nSPS) is 30.7. The number of fused-ring (bicyclic) bond motifs is 1. The van der Waals surface area contributed by atoms with E-state index >= 15 is 0 Å². The van der Waals surface area contributed by atoms with E-state index in [-0.39, 0.29) is 5.41 Å². The van der Waals surface area contributed by atoms with Gasteiger partial charge in [0.25, 0.3) is 0 Å². The Morgan fingerprint density at radius 3 is 2.41 bits per heavy atom. The molecule has 3 rings (SSSR count). The molecule has 0 heterocycles. The van der Waals surface area contributed by atoms with Crippen LogP contribution in [0.5, 0.6) is 0 Å². The van der Waals surface area contributed by atoms with Crippen molar-refractivity contribution >= 4 is 11.9 Å². The van der Waals surface area contributed by atoms with Gasteiger partial charge in [-0.15, -0.1) is 0 Å². The van der Waals surface area contributed by atoms with Gasteiger partial charge in [-0.1, -0.05) is 37.3 Å². The first-order valence-electron chi connectivity index (χ1n) is 10.0. The Bertz CT molecular complexity index is 673. The number of aliphatic carboxylic acids is 2. The van der Waals surface area contributed by atoms with Gasteiger partial charge in [0.1, 0.15) is 0 Å². The summed E-state index contributed by atoms with van der Waals surface area (Å²) in [5.41, 5.74) is 9.30. The molecule has 0 spiro atoms. The van der Waals surface area contributed by atoms with Crippen molar-refractivity contribution in [3.05, 3.63) is 35.9 Å². The molecule has 1 aromatic carbocycles. The molecule has 0 amide bonds. The molecule has 4 atom stereocenters. The average molecular weight is 408 g/mol. The molecular formula is C21H32N2O6. The van der Waals surface area contributed by atoms with Crippen LogP contribution in [0.15, 0.2) is 30.3 Å². The molecule has 2 aliphatic rings. The minimum atomic E-state index is -1.82. The Kier molecular flexibility index (Phi) is 8.15. The molecule has 29 heavy (non-hydrogen) atoms. The zero-order chi connectivity index (χ0) is 21.5. The van der Waals surface area contributed by atoms with Crippen LogP contribution in [0.1, 0.15) is 50.5 Å². The molecule has 0 unspecified atom stereocenters. The highest BCUT2D eigenvalue weighted by atomic mass is 16.6.